The highest BCUT2D eigenvalue weighted by atomic mass is 15.2. The first kappa shape index (κ1) is 13.4. The molecule has 0 aromatic heterocycles. The van der Waals surface area contributed by atoms with Crippen LogP contribution < -0.4 is 10.6 Å². The van der Waals surface area contributed by atoms with E-state index in [0.29, 0.717) is 6.04 Å². The zero-order valence-corrected chi connectivity index (χ0v) is 11.6. The van der Waals surface area contributed by atoms with Crippen molar-refractivity contribution in [3.8, 4) is 0 Å². The molecule has 18 heavy (non-hydrogen) atoms. The Labute approximate surface area is 111 Å². The van der Waals surface area contributed by atoms with Gasteiger partial charge in [-0.2, -0.15) is 0 Å². The minimum atomic E-state index is 0.641. The van der Waals surface area contributed by atoms with Crippen molar-refractivity contribution in [3.05, 3.63) is 29.8 Å². The molecule has 1 aliphatic rings. The van der Waals surface area contributed by atoms with Crippen LogP contribution in [0.25, 0.3) is 0 Å². The van der Waals surface area contributed by atoms with Crippen molar-refractivity contribution >= 4 is 5.69 Å². The van der Waals surface area contributed by atoms with Crippen LogP contribution >= 0.6 is 0 Å². The molecule has 1 fully saturated rings. The molecule has 1 aliphatic heterocycles. The van der Waals surface area contributed by atoms with Crippen molar-refractivity contribution in [1.29, 1.82) is 0 Å². The zero-order valence-electron chi connectivity index (χ0n) is 11.6. The first-order valence-electron chi connectivity index (χ1n) is 6.92. The van der Waals surface area contributed by atoms with Crippen LogP contribution in [0.3, 0.4) is 0 Å². The number of benzene rings is 1. The number of hydrogen-bond donors (Lipinski definition) is 1. The molecule has 3 heteroatoms. The van der Waals surface area contributed by atoms with Gasteiger partial charge < -0.3 is 15.5 Å². The van der Waals surface area contributed by atoms with Crippen LogP contribution in [0.1, 0.15) is 18.4 Å². The van der Waals surface area contributed by atoms with Crippen molar-refractivity contribution in [2.24, 2.45) is 5.73 Å². The summed E-state index contributed by atoms with van der Waals surface area (Å²) < 4.78 is 0. The fourth-order valence-corrected chi connectivity index (χ4v) is 2.76. The number of nitrogens with zero attached hydrogens (tertiary/aromatic N) is 2. The summed E-state index contributed by atoms with van der Waals surface area (Å²) in [6, 6.07) is 9.45. The summed E-state index contributed by atoms with van der Waals surface area (Å²) in [4.78, 5) is 4.91. The van der Waals surface area contributed by atoms with Gasteiger partial charge in [0.1, 0.15) is 0 Å². The van der Waals surface area contributed by atoms with Gasteiger partial charge in [0, 0.05) is 37.9 Å². The van der Waals surface area contributed by atoms with E-state index in [-0.39, 0.29) is 0 Å². The first-order valence-corrected chi connectivity index (χ1v) is 6.92. The Morgan fingerprint density at radius 1 is 1.44 bits per heavy atom. The number of hydrogen-bond acceptors (Lipinski definition) is 3. The van der Waals surface area contributed by atoms with Gasteiger partial charge in [-0.1, -0.05) is 12.1 Å². The number of aryl methyl sites for hydroxylation is 1. The maximum Gasteiger partial charge on any atom is 0.0369 e. The van der Waals surface area contributed by atoms with Gasteiger partial charge in [0.05, 0.1) is 0 Å². The molecular weight excluding hydrogens is 222 g/mol. The Balaban J connectivity index is 2.02. The monoisotopic (exact) mass is 247 g/mol. The lowest BCUT2D eigenvalue weighted by Gasteiger charge is -2.38. The fraction of sp³-hybridized carbons (Fsp3) is 0.600. The van der Waals surface area contributed by atoms with Gasteiger partial charge in [-0.05, 0) is 44.5 Å². The van der Waals surface area contributed by atoms with Crippen molar-refractivity contribution < 1.29 is 0 Å². The average Bonchev–Trinajstić information content (AvgIpc) is 2.39. The summed E-state index contributed by atoms with van der Waals surface area (Å²) in [5, 5.41) is 0. The van der Waals surface area contributed by atoms with Crippen LogP contribution in [-0.2, 0) is 0 Å². The van der Waals surface area contributed by atoms with E-state index in [4.69, 9.17) is 5.73 Å². The second kappa shape index (κ2) is 6.21. The van der Waals surface area contributed by atoms with Gasteiger partial charge in [-0.25, -0.2) is 0 Å². The van der Waals surface area contributed by atoms with Crippen LogP contribution in [0, 0.1) is 6.92 Å². The third-order valence-electron chi connectivity index (χ3n) is 3.87. The Kier molecular flexibility index (Phi) is 4.61. The van der Waals surface area contributed by atoms with Gasteiger partial charge in [-0.3, -0.25) is 0 Å². The summed E-state index contributed by atoms with van der Waals surface area (Å²) in [5.74, 6) is 0. The summed E-state index contributed by atoms with van der Waals surface area (Å²) in [5.41, 5.74) is 8.35. The van der Waals surface area contributed by atoms with E-state index in [1.165, 1.54) is 30.6 Å². The standard InChI is InChI=1S/C15H25N3/c1-13-5-3-6-14(11-13)18-9-4-7-15(12-18)17(2)10-8-16/h3,5-6,11,15H,4,7-10,12,16H2,1-2H3. The number of piperidine rings is 1. The van der Waals surface area contributed by atoms with Crippen LogP contribution in [0.5, 0.6) is 0 Å². The molecule has 100 valence electrons. The van der Waals surface area contributed by atoms with Gasteiger partial charge in [0.2, 0.25) is 0 Å². The summed E-state index contributed by atoms with van der Waals surface area (Å²) in [7, 11) is 2.19. The second-order valence-corrected chi connectivity index (χ2v) is 5.35. The third kappa shape index (κ3) is 3.24. The molecule has 1 aromatic rings. The predicted molar refractivity (Wildman–Crippen MR) is 78.1 cm³/mol. The molecule has 0 radical (unpaired) electrons. The number of anilines is 1. The van der Waals surface area contributed by atoms with Crippen LogP contribution in [0.15, 0.2) is 24.3 Å². The van der Waals surface area contributed by atoms with Crippen LogP contribution in [0.2, 0.25) is 0 Å². The van der Waals surface area contributed by atoms with E-state index in [1.54, 1.807) is 0 Å². The minimum absolute atomic E-state index is 0.641. The Hall–Kier alpha value is -1.06. The normalized spacial score (nSPS) is 20.4. The van der Waals surface area contributed by atoms with Crippen LogP contribution in [-0.4, -0.2) is 44.2 Å². The van der Waals surface area contributed by atoms with E-state index < -0.39 is 0 Å². The topological polar surface area (TPSA) is 32.5 Å². The van der Waals surface area contributed by atoms with Crippen LogP contribution in [0.4, 0.5) is 5.69 Å². The van der Waals surface area contributed by atoms with Gasteiger partial charge in [0.15, 0.2) is 0 Å². The smallest absolute Gasteiger partial charge is 0.0369 e. The van der Waals surface area contributed by atoms with E-state index in [9.17, 15) is 0 Å². The summed E-state index contributed by atoms with van der Waals surface area (Å²) in [6.45, 7) is 6.20. The number of likely N-dealkylation sites (N-methyl/N-ethyl adjacent to an activating group) is 1. The minimum Gasteiger partial charge on any atom is -0.370 e. The third-order valence-corrected chi connectivity index (χ3v) is 3.87. The molecule has 0 amide bonds. The average molecular weight is 247 g/mol. The lowest BCUT2D eigenvalue weighted by molar-refractivity contribution is 0.221. The molecule has 2 rings (SSSR count). The maximum absolute atomic E-state index is 5.65. The first-order chi connectivity index (χ1) is 8.70. The Morgan fingerprint density at radius 3 is 3.00 bits per heavy atom. The Bertz CT molecular complexity index is 378. The molecule has 0 aliphatic carbocycles. The van der Waals surface area contributed by atoms with Crippen molar-refractivity contribution in [3.63, 3.8) is 0 Å². The lowest BCUT2D eigenvalue weighted by Crippen LogP contribution is -2.47. The van der Waals surface area contributed by atoms with Crippen molar-refractivity contribution in [1.82, 2.24) is 4.90 Å². The molecule has 1 atom stereocenters. The highest BCUT2D eigenvalue weighted by Crippen LogP contribution is 2.22. The van der Waals surface area contributed by atoms with E-state index in [0.717, 1.165) is 19.6 Å². The largest absolute Gasteiger partial charge is 0.370 e. The molecule has 1 saturated heterocycles. The summed E-state index contributed by atoms with van der Waals surface area (Å²) >= 11 is 0. The summed E-state index contributed by atoms with van der Waals surface area (Å²) in [6.07, 6.45) is 2.56. The maximum atomic E-state index is 5.65. The molecule has 1 heterocycles. The van der Waals surface area contributed by atoms with E-state index in [2.05, 4.69) is 48.0 Å². The molecule has 0 saturated carbocycles. The predicted octanol–water partition coefficient (Wildman–Crippen LogP) is 1.85. The second-order valence-electron chi connectivity index (χ2n) is 5.35. The molecule has 0 spiro atoms. The van der Waals surface area contributed by atoms with Gasteiger partial charge >= 0.3 is 0 Å². The highest BCUT2D eigenvalue weighted by Gasteiger charge is 2.22. The van der Waals surface area contributed by atoms with Crippen molar-refractivity contribution in [2.45, 2.75) is 25.8 Å². The lowest BCUT2D eigenvalue weighted by atomic mass is 10.0. The zero-order chi connectivity index (χ0) is 13.0. The molecular formula is C15H25N3. The fourth-order valence-electron chi connectivity index (χ4n) is 2.76. The van der Waals surface area contributed by atoms with E-state index in [1.807, 2.05) is 0 Å². The SMILES string of the molecule is Cc1cccc(N2CCCC(N(C)CCN)C2)c1. The number of rotatable bonds is 4. The van der Waals surface area contributed by atoms with Gasteiger partial charge in [0.25, 0.3) is 0 Å². The molecule has 3 nitrogen and oxygen atoms in total. The Morgan fingerprint density at radius 2 is 2.28 bits per heavy atom. The highest BCUT2D eigenvalue weighted by molar-refractivity contribution is 5.48. The van der Waals surface area contributed by atoms with Crippen molar-refractivity contribution in [2.75, 3.05) is 38.1 Å². The molecule has 1 aromatic carbocycles. The van der Waals surface area contributed by atoms with Gasteiger partial charge in [-0.15, -0.1) is 0 Å². The quantitative estimate of drug-likeness (QED) is 0.881. The molecule has 2 N–H and O–H groups in total. The molecule has 1 unspecified atom stereocenters. The van der Waals surface area contributed by atoms with E-state index >= 15 is 0 Å². The number of nitrogens with two attached hydrogens (primary N) is 1. The molecule has 0 bridgehead atoms.